The Morgan fingerprint density at radius 2 is 2.26 bits per heavy atom. The number of pyridine rings is 1. The molecule has 100 valence electrons. The fraction of sp³-hybridized carbons (Fsp3) is 0.500. The Kier molecular flexibility index (Phi) is 2.97. The van der Waals surface area contributed by atoms with Crippen LogP contribution in [0.3, 0.4) is 0 Å². The third kappa shape index (κ3) is 1.89. The zero-order valence-electron chi connectivity index (χ0n) is 11.0. The molecule has 5 heteroatoms. The number of nitrogens with one attached hydrogen (secondary N) is 1. The number of H-pyrrole nitrogens is 1. The molecule has 0 radical (unpaired) electrons. The van der Waals surface area contributed by atoms with Crippen LogP contribution >= 0.6 is 0 Å². The van der Waals surface area contributed by atoms with Crippen molar-refractivity contribution in [2.45, 2.75) is 38.0 Å². The van der Waals surface area contributed by atoms with Crippen LogP contribution < -0.4 is 0 Å². The number of esters is 1. The fourth-order valence-electron chi connectivity index (χ4n) is 2.87. The summed E-state index contributed by atoms with van der Waals surface area (Å²) in [4.78, 5) is 24.2. The molecule has 2 heterocycles. The highest BCUT2D eigenvalue weighted by Gasteiger charge is 2.46. The molecule has 1 N–H and O–H groups in total. The lowest BCUT2D eigenvalue weighted by atomic mass is 9.85. The van der Waals surface area contributed by atoms with Crippen LogP contribution in [0.15, 0.2) is 18.5 Å². The first-order valence-electron chi connectivity index (χ1n) is 6.74. The normalized spacial score (nSPS) is 17.7. The Morgan fingerprint density at radius 1 is 1.47 bits per heavy atom. The third-order valence-electron chi connectivity index (χ3n) is 3.86. The van der Waals surface area contributed by atoms with Crippen molar-refractivity contribution < 1.29 is 9.53 Å². The van der Waals surface area contributed by atoms with Gasteiger partial charge in [-0.1, -0.05) is 12.8 Å². The number of aromatic amines is 1. The Morgan fingerprint density at radius 3 is 2.95 bits per heavy atom. The average molecular weight is 259 g/mol. The van der Waals surface area contributed by atoms with Crippen molar-refractivity contribution in [2.24, 2.45) is 0 Å². The van der Waals surface area contributed by atoms with E-state index >= 15 is 0 Å². The molecule has 2 aromatic rings. The van der Waals surface area contributed by atoms with Crippen LogP contribution in [0.1, 0.15) is 38.4 Å². The van der Waals surface area contributed by atoms with Crippen LogP contribution in [0, 0.1) is 0 Å². The second-order valence-corrected chi connectivity index (χ2v) is 4.99. The highest BCUT2D eigenvalue weighted by atomic mass is 16.5. The largest absolute Gasteiger partial charge is 0.465 e. The van der Waals surface area contributed by atoms with Gasteiger partial charge in [0.15, 0.2) is 0 Å². The van der Waals surface area contributed by atoms with Crippen LogP contribution in [0.25, 0.3) is 11.0 Å². The maximum atomic E-state index is 12.3. The van der Waals surface area contributed by atoms with Crippen LogP contribution in [0.5, 0.6) is 0 Å². The number of carbonyl (C=O) groups is 1. The SMILES string of the molecule is CCOC(=O)C1(c2nc3ccncc3[nH]2)CCCC1. The molecule has 0 spiro atoms. The number of imidazole rings is 1. The van der Waals surface area contributed by atoms with Gasteiger partial charge in [0.1, 0.15) is 11.2 Å². The summed E-state index contributed by atoms with van der Waals surface area (Å²) in [6.07, 6.45) is 7.12. The standard InChI is InChI=1S/C14H17N3O2/c1-2-19-13(18)14(6-3-4-7-14)12-16-10-5-8-15-9-11(10)17-12/h5,8-9H,2-4,6-7H2,1H3,(H,16,17). The molecule has 19 heavy (non-hydrogen) atoms. The maximum absolute atomic E-state index is 12.3. The van der Waals surface area contributed by atoms with Gasteiger partial charge in [-0.2, -0.15) is 0 Å². The molecule has 1 aliphatic rings. The van der Waals surface area contributed by atoms with Gasteiger partial charge in [-0.25, -0.2) is 4.98 Å². The minimum absolute atomic E-state index is 0.153. The van der Waals surface area contributed by atoms with Gasteiger partial charge in [0.25, 0.3) is 0 Å². The number of aromatic nitrogens is 3. The Bertz CT molecular complexity index is 567. The lowest BCUT2D eigenvalue weighted by molar-refractivity contribution is -0.150. The summed E-state index contributed by atoms with van der Waals surface area (Å²) in [6.45, 7) is 2.24. The van der Waals surface area contributed by atoms with Gasteiger partial charge >= 0.3 is 5.97 Å². The lowest BCUT2D eigenvalue weighted by Crippen LogP contribution is -2.35. The van der Waals surface area contributed by atoms with Crippen LogP contribution in [-0.4, -0.2) is 27.5 Å². The van der Waals surface area contributed by atoms with Crippen molar-refractivity contribution in [1.82, 2.24) is 15.0 Å². The second kappa shape index (κ2) is 4.64. The van der Waals surface area contributed by atoms with Crippen molar-refractivity contribution >= 4 is 17.0 Å². The molecule has 0 aromatic carbocycles. The molecule has 3 rings (SSSR count). The van der Waals surface area contributed by atoms with E-state index in [-0.39, 0.29) is 5.97 Å². The van der Waals surface area contributed by atoms with Gasteiger partial charge in [0, 0.05) is 6.20 Å². The minimum Gasteiger partial charge on any atom is -0.465 e. The summed E-state index contributed by atoms with van der Waals surface area (Å²) in [5.41, 5.74) is 1.13. The van der Waals surface area contributed by atoms with E-state index in [0.29, 0.717) is 6.61 Å². The topological polar surface area (TPSA) is 67.9 Å². The Hall–Kier alpha value is -1.91. The Balaban J connectivity index is 2.06. The van der Waals surface area contributed by atoms with E-state index in [2.05, 4.69) is 15.0 Å². The van der Waals surface area contributed by atoms with Gasteiger partial charge in [-0.3, -0.25) is 9.78 Å². The molecule has 1 fully saturated rings. The summed E-state index contributed by atoms with van der Waals surface area (Å²) in [6, 6.07) is 1.85. The van der Waals surface area contributed by atoms with Gasteiger partial charge in [-0.15, -0.1) is 0 Å². The van der Waals surface area contributed by atoms with E-state index in [1.54, 1.807) is 12.4 Å². The average Bonchev–Trinajstić information content (AvgIpc) is 3.06. The zero-order valence-corrected chi connectivity index (χ0v) is 11.0. The fourth-order valence-corrected chi connectivity index (χ4v) is 2.87. The van der Waals surface area contributed by atoms with Crippen molar-refractivity contribution in [3.8, 4) is 0 Å². The van der Waals surface area contributed by atoms with Gasteiger partial charge in [0.05, 0.1) is 23.8 Å². The number of carbonyl (C=O) groups excluding carboxylic acids is 1. The van der Waals surface area contributed by atoms with Crippen molar-refractivity contribution in [3.05, 3.63) is 24.3 Å². The molecule has 0 unspecified atom stereocenters. The van der Waals surface area contributed by atoms with E-state index in [0.717, 1.165) is 42.5 Å². The molecule has 0 bridgehead atoms. The molecule has 1 aliphatic carbocycles. The summed E-state index contributed by atoms with van der Waals surface area (Å²) in [7, 11) is 0. The molecule has 5 nitrogen and oxygen atoms in total. The van der Waals surface area contributed by atoms with Crippen LogP contribution in [0.2, 0.25) is 0 Å². The molecule has 0 aliphatic heterocycles. The second-order valence-electron chi connectivity index (χ2n) is 4.99. The highest BCUT2D eigenvalue weighted by molar-refractivity contribution is 5.84. The molecule has 0 atom stereocenters. The molecule has 2 aromatic heterocycles. The van der Waals surface area contributed by atoms with E-state index in [1.807, 2.05) is 13.0 Å². The number of hydrogen-bond donors (Lipinski definition) is 1. The summed E-state index contributed by atoms with van der Waals surface area (Å²) >= 11 is 0. The quantitative estimate of drug-likeness (QED) is 0.859. The number of rotatable bonds is 3. The highest BCUT2D eigenvalue weighted by Crippen LogP contribution is 2.41. The molecular formula is C14H17N3O2. The van der Waals surface area contributed by atoms with Crippen LogP contribution in [0.4, 0.5) is 0 Å². The number of hydrogen-bond acceptors (Lipinski definition) is 4. The van der Waals surface area contributed by atoms with Gasteiger partial charge in [-0.05, 0) is 25.8 Å². The first kappa shape index (κ1) is 12.1. The van der Waals surface area contributed by atoms with Gasteiger partial charge < -0.3 is 9.72 Å². The summed E-state index contributed by atoms with van der Waals surface area (Å²) in [5.74, 6) is 0.575. The summed E-state index contributed by atoms with van der Waals surface area (Å²) < 4.78 is 5.27. The van der Waals surface area contributed by atoms with Crippen molar-refractivity contribution in [3.63, 3.8) is 0 Å². The predicted molar refractivity (Wildman–Crippen MR) is 70.7 cm³/mol. The predicted octanol–water partition coefficient (Wildman–Crippen LogP) is 2.33. The van der Waals surface area contributed by atoms with E-state index in [4.69, 9.17) is 4.74 Å². The maximum Gasteiger partial charge on any atom is 0.319 e. The molecular weight excluding hydrogens is 242 g/mol. The smallest absolute Gasteiger partial charge is 0.319 e. The number of ether oxygens (including phenoxy) is 1. The van der Waals surface area contributed by atoms with Crippen LogP contribution in [-0.2, 0) is 14.9 Å². The molecule has 1 saturated carbocycles. The van der Waals surface area contributed by atoms with E-state index in [1.165, 1.54) is 0 Å². The third-order valence-corrected chi connectivity index (χ3v) is 3.86. The monoisotopic (exact) mass is 259 g/mol. The first-order valence-corrected chi connectivity index (χ1v) is 6.74. The first-order chi connectivity index (χ1) is 9.26. The number of fused-ring (bicyclic) bond motifs is 1. The minimum atomic E-state index is -0.588. The zero-order chi connectivity index (χ0) is 13.3. The summed E-state index contributed by atoms with van der Waals surface area (Å²) in [5, 5.41) is 0. The van der Waals surface area contributed by atoms with Crippen molar-refractivity contribution in [2.75, 3.05) is 6.61 Å². The number of nitrogens with zero attached hydrogens (tertiary/aromatic N) is 2. The molecule has 0 saturated heterocycles. The van der Waals surface area contributed by atoms with Crippen molar-refractivity contribution in [1.29, 1.82) is 0 Å². The molecule has 0 amide bonds. The van der Waals surface area contributed by atoms with E-state index in [9.17, 15) is 4.79 Å². The van der Waals surface area contributed by atoms with E-state index < -0.39 is 5.41 Å². The van der Waals surface area contributed by atoms with Gasteiger partial charge in [0.2, 0.25) is 0 Å². The lowest BCUT2D eigenvalue weighted by Gasteiger charge is -2.23. The Labute approximate surface area is 111 Å².